The number of hydrogen-bond acceptors (Lipinski definition) is 3. The lowest BCUT2D eigenvalue weighted by molar-refractivity contribution is 0.290. The minimum atomic E-state index is 0.237. The molecule has 16 heavy (non-hydrogen) atoms. The van der Waals surface area contributed by atoms with Gasteiger partial charge in [-0.05, 0) is 36.6 Å². The average molecular weight is 222 g/mol. The van der Waals surface area contributed by atoms with Crippen molar-refractivity contribution in [3.8, 4) is 0 Å². The number of nitrogens with two attached hydrogens (primary N) is 1. The zero-order chi connectivity index (χ0) is 12.0. The van der Waals surface area contributed by atoms with Crippen molar-refractivity contribution < 1.29 is 5.11 Å². The van der Waals surface area contributed by atoms with Crippen LogP contribution in [-0.2, 0) is 6.42 Å². The predicted octanol–water partition coefficient (Wildman–Crippen LogP) is 2.04. The molecule has 0 atom stereocenters. The van der Waals surface area contributed by atoms with E-state index in [0.717, 1.165) is 31.5 Å². The number of rotatable bonds is 6. The fourth-order valence-electron chi connectivity index (χ4n) is 1.75. The first-order valence-corrected chi connectivity index (χ1v) is 5.89. The summed E-state index contributed by atoms with van der Waals surface area (Å²) in [6, 6.07) is 6.15. The second kappa shape index (κ2) is 6.38. The van der Waals surface area contributed by atoms with Gasteiger partial charge < -0.3 is 15.7 Å². The molecule has 1 rings (SSSR count). The minimum Gasteiger partial charge on any atom is -0.399 e. The van der Waals surface area contributed by atoms with Crippen LogP contribution in [0.25, 0.3) is 0 Å². The first kappa shape index (κ1) is 12.8. The second-order valence-corrected chi connectivity index (χ2v) is 4.13. The Morgan fingerprint density at radius 3 is 2.75 bits per heavy atom. The Balaban J connectivity index is 2.76. The SMILES string of the molecule is CCCc1cc(N(C)CCCO)ccc1N. The maximum atomic E-state index is 8.80. The maximum Gasteiger partial charge on any atom is 0.0447 e. The molecule has 1 aromatic carbocycles. The van der Waals surface area contributed by atoms with Crippen LogP contribution in [0, 0.1) is 0 Å². The Morgan fingerprint density at radius 1 is 1.38 bits per heavy atom. The van der Waals surface area contributed by atoms with Gasteiger partial charge in [-0.3, -0.25) is 0 Å². The fraction of sp³-hybridized carbons (Fsp3) is 0.538. The molecule has 0 bridgehead atoms. The van der Waals surface area contributed by atoms with Gasteiger partial charge in [0, 0.05) is 31.6 Å². The molecule has 3 nitrogen and oxygen atoms in total. The third-order valence-corrected chi connectivity index (χ3v) is 2.74. The molecule has 90 valence electrons. The van der Waals surface area contributed by atoms with E-state index in [1.165, 1.54) is 11.3 Å². The highest BCUT2D eigenvalue weighted by atomic mass is 16.3. The maximum absolute atomic E-state index is 8.80. The molecule has 3 heteroatoms. The zero-order valence-electron chi connectivity index (χ0n) is 10.2. The standard InChI is InChI=1S/C13H22N2O/c1-3-5-11-10-12(6-7-13(11)14)15(2)8-4-9-16/h6-7,10,16H,3-5,8-9,14H2,1-2H3. The van der Waals surface area contributed by atoms with Crippen LogP contribution in [0.2, 0.25) is 0 Å². The monoisotopic (exact) mass is 222 g/mol. The van der Waals surface area contributed by atoms with Crippen molar-refractivity contribution in [2.75, 3.05) is 30.8 Å². The van der Waals surface area contributed by atoms with Gasteiger partial charge in [0.1, 0.15) is 0 Å². The molecule has 0 amide bonds. The van der Waals surface area contributed by atoms with Crippen LogP contribution in [0.5, 0.6) is 0 Å². The summed E-state index contributed by atoms with van der Waals surface area (Å²) >= 11 is 0. The molecular formula is C13H22N2O. The van der Waals surface area contributed by atoms with Crippen molar-refractivity contribution in [3.05, 3.63) is 23.8 Å². The number of nitrogens with zero attached hydrogens (tertiary/aromatic N) is 1. The molecule has 0 aromatic heterocycles. The van der Waals surface area contributed by atoms with Crippen molar-refractivity contribution in [2.45, 2.75) is 26.2 Å². The molecular weight excluding hydrogens is 200 g/mol. The van der Waals surface area contributed by atoms with Crippen molar-refractivity contribution in [3.63, 3.8) is 0 Å². The molecule has 3 N–H and O–H groups in total. The quantitative estimate of drug-likeness (QED) is 0.724. The molecule has 0 unspecified atom stereocenters. The van der Waals surface area contributed by atoms with Crippen LogP contribution in [-0.4, -0.2) is 25.3 Å². The van der Waals surface area contributed by atoms with Gasteiger partial charge >= 0.3 is 0 Å². The Labute approximate surface area is 97.9 Å². The van der Waals surface area contributed by atoms with E-state index in [2.05, 4.69) is 17.9 Å². The van der Waals surface area contributed by atoms with Gasteiger partial charge in [-0.15, -0.1) is 0 Å². The van der Waals surface area contributed by atoms with Crippen LogP contribution in [0.1, 0.15) is 25.3 Å². The van der Waals surface area contributed by atoms with Gasteiger partial charge in [0.15, 0.2) is 0 Å². The first-order valence-electron chi connectivity index (χ1n) is 5.89. The zero-order valence-corrected chi connectivity index (χ0v) is 10.2. The average Bonchev–Trinajstić information content (AvgIpc) is 2.29. The van der Waals surface area contributed by atoms with Gasteiger partial charge in [0.25, 0.3) is 0 Å². The number of anilines is 2. The Kier molecular flexibility index (Phi) is 5.12. The Morgan fingerprint density at radius 2 is 2.12 bits per heavy atom. The first-order chi connectivity index (χ1) is 7.69. The van der Waals surface area contributed by atoms with Crippen molar-refractivity contribution in [1.29, 1.82) is 0 Å². The van der Waals surface area contributed by atoms with Gasteiger partial charge in [-0.1, -0.05) is 13.3 Å². The largest absolute Gasteiger partial charge is 0.399 e. The predicted molar refractivity (Wildman–Crippen MR) is 69.8 cm³/mol. The van der Waals surface area contributed by atoms with Crippen molar-refractivity contribution in [2.24, 2.45) is 0 Å². The number of hydrogen-bond donors (Lipinski definition) is 2. The van der Waals surface area contributed by atoms with Gasteiger partial charge in [-0.25, -0.2) is 0 Å². The lowest BCUT2D eigenvalue weighted by Gasteiger charge is -2.20. The number of nitrogen functional groups attached to an aromatic ring is 1. The number of benzene rings is 1. The molecule has 0 aliphatic carbocycles. The Hall–Kier alpha value is -1.22. The van der Waals surface area contributed by atoms with Gasteiger partial charge in [-0.2, -0.15) is 0 Å². The lowest BCUT2D eigenvalue weighted by atomic mass is 10.1. The molecule has 0 radical (unpaired) electrons. The molecule has 0 fully saturated rings. The third kappa shape index (κ3) is 3.42. The highest BCUT2D eigenvalue weighted by Gasteiger charge is 2.04. The van der Waals surface area contributed by atoms with Crippen LogP contribution in [0.4, 0.5) is 11.4 Å². The van der Waals surface area contributed by atoms with E-state index in [1.54, 1.807) is 0 Å². The van der Waals surface area contributed by atoms with Crippen LogP contribution in [0.15, 0.2) is 18.2 Å². The fourth-order valence-corrected chi connectivity index (χ4v) is 1.75. The summed E-state index contributed by atoms with van der Waals surface area (Å²) in [4.78, 5) is 2.15. The molecule has 0 spiro atoms. The molecule has 0 heterocycles. The molecule has 0 saturated heterocycles. The third-order valence-electron chi connectivity index (χ3n) is 2.74. The summed E-state index contributed by atoms with van der Waals surface area (Å²) in [5, 5.41) is 8.80. The molecule has 0 aliphatic heterocycles. The van der Waals surface area contributed by atoms with Gasteiger partial charge in [0.05, 0.1) is 0 Å². The van der Waals surface area contributed by atoms with Crippen LogP contribution in [0.3, 0.4) is 0 Å². The van der Waals surface area contributed by atoms with Crippen molar-refractivity contribution >= 4 is 11.4 Å². The lowest BCUT2D eigenvalue weighted by Crippen LogP contribution is -2.19. The number of aryl methyl sites for hydroxylation is 1. The number of aliphatic hydroxyl groups is 1. The second-order valence-electron chi connectivity index (χ2n) is 4.13. The highest BCUT2D eigenvalue weighted by Crippen LogP contribution is 2.21. The van der Waals surface area contributed by atoms with Crippen LogP contribution >= 0.6 is 0 Å². The summed E-state index contributed by atoms with van der Waals surface area (Å²) in [6.07, 6.45) is 2.92. The van der Waals surface area contributed by atoms with E-state index in [0.29, 0.717) is 0 Å². The molecule has 0 aliphatic rings. The Bertz CT molecular complexity index is 326. The van der Waals surface area contributed by atoms with Crippen molar-refractivity contribution in [1.82, 2.24) is 0 Å². The summed E-state index contributed by atoms with van der Waals surface area (Å²) < 4.78 is 0. The van der Waals surface area contributed by atoms with E-state index < -0.39 is 0 Å². The van der Waals surface area contributed by atoms with E-state index >= 15 is 0 Å². The smallest absolute Gasteiger partial charge is 0.0447 e. The highest BCUT2D eigenvalue weighted by molar-refractivity contribution is 5.58. The van der Waals surface area contributed by atoms with Gasteiger partial charge in [0.2, 0.25) is 0 Å². The van der Waals surface area contributed by atoms with E-state index in [1.807, 2.05) is 19.2 Å². The topological polar surface area (TPSA) is 49.5 Å². The van der Waals surface area contributed by atoms with Crippen LogP contribution < -0.4 is 10.6 Å². The summed E-state index contributed by atoms with van der Waals surface area (Å²) in [5.41, 5.74) is 9.18. The minimum absolute atomic E-state index is 0.237. The molecule has 0 saturated carbocycles. The summed E-state index contributed by atoms with van der Waals surface area (Å²) in [6.45, 7) is 3.26. The summed E-state index contributed by atoms with van der Waals surface area (Å²) in [5.74, 6) is 0. The van der Waals surface area contributed by atoms with E-state index in [4.69, 9.17) is 10.8 Å². The molecule has 1 aromatic rings. The van der Waals surface area contributed by atoms with E-state index in [9.17, 15) is 0 Å². The normalized spacial score (nSPS) is 10.4. The summed E-state index contributed by atoms with van der Waals surface area (Å²) in [7, 11) is 2.04. The number of aliphatic hydroxyl groups excluding tert-OH is 1. The van der Waals surface area contributed by atoms with E-state index in [-0.39, 0.29) is 6.61 Å².